The van der Waals surface area contributed by atoms with Crippen molar-refractivity contribution in [3.63, 3.8) is 0 Å². The van der Waals surface area contributed by atoms with Crippen LogP contribution in [0.25, 0.3) is 0 Å². The molecule has 0 aromatic rings. The van der Waals surface area contributed by atoms with Gasteiger partial charge in [-0.15, -0.1) is 0 Å². The Labute approximate surface area is 87.1 Å². The molecule has 0 aliphatic carbocycles. The van der Waals surface area contributed by atoms with Gasteiger partial charge in [0.1, 0.15) is 0 Å². The Kier molecular flexibility index (Phi) is 3.75. The highest BCUT2D eigenvalue weighted by atomic mass is 15.1. The van der Waals surface area contributed by atoms with Crippen LogP contribution in [0, 0.1) is 0 Å². The molecule has 0 atom stereocenters. The third kappa shape index (κ3) is 2.63. The molecule has 1 aliphatic rings. The molecule has 0 aromatic heterocycles. The molecule has 76 valence electrons. The van der Waals surface area contributed by atoms with Crippen LogP contribution in [0.2, 0.25) is 0 Å². The predicted molar refractivity (Wildman–Crippen MR) is 62.8 cm³/mol. The summed E-state index contributed by atoms with van der Waals surface area (Å²) in [5, 5.41) is 0. The van der Waals surface area contributed by atoms with Crippen LogP contribution < -0.4 is 0 Å². The maximum Gasteiger partial charge on any atom is 0.0395 e. The SMILES string of the molecule is CC=CC=C(C)C1=CCC(C)=CN1C. The summed E-state index contributed by atoms with van der Waals surface area (Å²) in [6, 6.07) is 0. The molecule has 0 saturated heterocycles. The highest BCUT2D eigenvalue weighted by Gasteiger charge is 2.08. The molecule has 0 spiro atoms. The minimum absolute atomic E-state index is 1.07. The third-order valence-electron chi connectivity index (χ3n) is 2.35. The molecule has 0 radical (unpaired) electrons. The maximum atomic E-state index is 2.28. The van der Waals surface area contributed by atoms with Crippen molar-refractivity contribution in [3.8, 4) is 0 Å². The van der Waals surface area contributed by atoms with Gasteiger partial charge >= 0.3 is 0 Å². The zero-order chi connectivity index (χ0) is 10.6. The second kappa shape index (κ2) is 4.85. The average Bonchev–Trinajstić information content (AvgIpc) is 2.14. The van der Waals surface area contributed by atoms with E-state index in [-0.39, 0.29) is 0 Å². The topological polar surface area (TPSA) is 3.24 Å². The lowest BCUT2D eigenvalue weighted by molar-refractivity contribution is 0.557. The second-order valence-corrected chi connectivity index (χ2v) is 3.76. The van der Waals surface area contributed by atoms with E-state index < -0.39 is 0 Å². The Hall–Kier alpha value is -1.24. The quantitative estimate of drug-likeness (QED) is 0.599. The monoisotopic (exact) mass is 189 g/mol. The van der Waals surface area contributed by atoms with E-state index in [4.69, 9.17) is 0 Å². The molecule has 1 rings (SSSR count). The molecule has 0 saturated carbocycles. The summed E-state index contributed by atoms with van der Waals surface area (Å²) in [5.74, 6) is 0. The lowest BCUT2D eigenvalue weighted by atomic mass is 10.1. The summed E-state index contributed by atoms with van der Waals surface area (Å²) in [7, 11) is 2.10. The summed E-state index contributed by atoms with van der Waals surface area (Å²) in [4.78, 5) is 2.19. The van der Waals surface area contributed by atoms with Crippen LogP contribution >= 0.6 is 0 Å². The van der Waals surface area contributed by atoms with Crippen LogP contribution in [0.5, 0.6) is 0 Å². The van der Waals surface area contributed by atoms with Crippen molar-refractivity contribution in [2.45, 2.75) is 27.2 Å². The molecule has 0 N–H and O–H groups in total. The van der Waals surface area contributed by atoms with Gasteiger partial charge in [-0.2, -0.15) is 0 Å². The van der Waals surface area contributed by atoms with E-state index in [0.29, 0.717) is 0 Å². The molecule has 0 amide bonds. The van der Waals surface area contributed by atoms with E-state index in [1.54, 1.807) is 0 Å². The van der Waals surface area contributed by atoms with E-state index in [0.717, 1.165) is 6.42 Å². The molecule has 14 heavy (non-hydrogen) atoms. The predicted octanol–water partition coefficient (Wildman–Crippen LogP) is 3.63. The Morgan fingerprint density at radius 2 is 2.21 bits per heavy atom. The van der Waals surface area contributed by atoms with Gasteiger partial charge in [0.2, 0.25) is 0 Å². The number of hydrogen-bond donors (Lipinski definition) is 0. The zero-order valence-corrected chi connectivity index (χ0v) is 9.54. The van der Waals surface area contributed by atoms with Gasteiger partial charge < -0.3 is 4.90 Å². The van der Waals surface area contributed by atoms with Crippen LogP contribution in [0.4, 0.5) is 0 Å². The summed E-state index contributed by atoms with van der Waals surface area (Å²) in [6.45, 7) is 6.35. The number of allylic oxidation sites excluding steroid dienone is 6. The van der Waals surface area contributed by atoms with Crippen molar-refractivity contribution in [1.29, 1.82) is 0 Å². The van der Waals surface area contributed by atoms with E-state index in [1.165, 1.54) is 16.8 Å². The van der Waals surface area contributed by atoms with E-state index in [1.807, 2.05) is 13.0 Å². The van der Waals surface area contributed by atoms with Gasteiger partial charge in [0.25, 0.3) is 0 Å². The minimum atomic E-state index is 1.07. The normalized spacial score (nSPS) is 18.6. The first kappa shape index (κ1) is 10.8. The first-order chi connectivity index (χ1) is 6.65. The molecule has 0 fully saturated rings. The van der Waals surface area contributed by atoms with Gasteiger partial charge in [0.05, 0.1) is 0 Å². The number of hydrogen-bond acceptors (Lipinski definition) is 1. The molecule has 1 nitrogen and oxygen atoms in total. The molecular formula is C13H19N. The van der Waals surface area contributed by atoms with Crippen LogP contribution in [0.1, 0.15) is 27.2 Å². The molecule has 0 bridgehead atoms. The molecule has 1 heterocycles. The molecular weight excluding hydrogens is 170 g/mol. The van der Waals surface area contributed by atoms with Crippen LogP contribution in [0.3, 0.4) is 0 Å². The van der Waals surface area contributed by atoms with E-state index in [2.05, 4.69) is 50.2 Å². The van der Waals surface area contributed by atoms with Gasteiger partial charge in [0, 0.05) is 18.9 Å². The maximum absolute atomic E-state index is 2.28. The third-order valence-corrected chi connectivity index (χ3v) is 2.35. The Morgan fingerprint density at radius 3 is 2.79 bits per heavy atom. The van der Waals surface area contributed by atoms with Crippen molar-refractivity contribution in [3.05, 3.63) is 47.3 Å². The van der Waals surface area contributed by atoms with Crippen LogP contribution in [0.15, 0.2) is 47.3 Å². The van der Waals surface area contributed by atoms with Crippen LogP contribution in [-0.2, 0) is 0 Å². The van der Waals surface area contributed by atoms with E-state index in [9.17, 15) is 0 Å². The van der Waals surface area contributed by atoms with E-state index >= 15 is 0 Å². The highest BCUT2D eigenvalue weighted by molar-refractivity contribution is 5.35. The lowest BCUT2D eigenvalue weighted by Crippen LogP contribution is -2.15. The van der Waals surface area contributed by atoms with Gasteiger partial charge in [-0.05, 0) is 32.8 Å². The van der Waals surface area contributed by atoms with Gasteiger partial charge in [-0.1, -0.05) is 29.9 Å². The summed E-state index contributed by atoms with van der Waals surface area (Å²) < 4.78 is 0. The standard InChI is InChI=1S/C13H19N/c1-5-6-7-12(3)13-9-8-11(2)10-14(13)4/h5-7,9-10H,8H2,1-4H3. The summed E-state index contributed by atoms with van der Waals surface area (Å²) in [5.41, 5.74) is 4.04. The zero-order valence-electron chi connectivity index (χ0n) is 9.54. The molecule has 1 aliphatic heterocycles. The van der Waals surface area contributed by atoms with Crippen LogP contribution in [-0.4, -0.2) is 11.9 Å². The first-order valence-corrected chi connectivity index (χ1v) is 5.05. The first-order valence-electron chi connectivity index (χ1n) is 5.05. The van der Waals surface area contributed by atoms with Gasteiger partial charge in [-0.3, -0.25) is 0 Å². The smallest absolute Gasteiger partial charge is 0.0395 e. The Morgan fingerprint density at radius 1 is 1.50 bits per heavy atom. The number of rotatable bonds is 2. The van der Waals surface area contributed by atoms with Crippen molar-refractivity contribution in [2.75, 3.05) is 7.05 Å². The van der Waals surface area contributed by atoms with Crippen molar-refractivity contribution >= 4 is 0 Å². The average molecular weight is 189 g/mol. The Bertz CT molecular complexity index is 316. The molecule has 0 unspecified atom stereocenters. The largest absolute Gasteiger partial charge is 0.351 e. The fraction of sp³-hybridized carbons (Fsp3) is 0.385. The highest BCUT2D eigenvalue weighted by Crippen LogP contribution is 2.21. The minimum Gasteiger partial charge on any atom is -0.351 e. The fourth-order valence-corrected chi connectivity index (χ4v) is 1.62. The lowest BCUT2D eigenvalue weighted by Gasteiger charge is -2.24. The van der Waals surface area contributed by atoms with Crippen molar-refractivity contribution < 1.29 is 0 Å². The fourth-order valence-electron chi connectivity index (χ4n) is 1.62. The summed E-state index contributed by atoms with van der Waals surface area (Å²) in [6.07, 6.45) is 11.8. The number of nitrogens with zero attached hydrogens (tertiary/aromatic N) is 1. The van der Waals surface area contributed by atoms with Gasteiger partial charge in [0.15, 0.2) is 0 Å². The number of likely N-dealkylation sites (N-methyl/N-ethyl adjacent to an activating group) is 1. The van der Waals surface area contributed by atoms with Crippen molar-refractivity contribution in [2.24, 2.45) is 0 Å². The summed E-state index contributed by atoms with van der Waals surface area (Å²) >= 11 is 0. The van der Waals surface area contributed by atoms with Gasteiger partial charge in [-0.25, -0.2) is 0 Å². The Balaban J connectivity index is 2.80. The molecule has 0 aromatic carbocycles. The van der Waals surface area contributed by atoms with Crippen molar-refractivity contribution in [1.82, 2.24) is 4.90 Å². The second-order valence-electron chi connectivity index (χ2n) is 3.76. The molecule has 1 heteroatoms.